The molecule has 0 saturated heterocycles. The minimum atomic E-state index is -0.362. The number of hydrogen-bond donors (Lipinski definition) is 2. The fourth-order valence-electron chi connectivity index (χ4n) is 2.42. The first-order valence-electron chi connectivity index (χ1n) is 6.61. The van der Waals surface area contributed by atoms with Crippen LogP contribution < -0.4 is 10.6 Å². The minimum absolute atomic E-state index is 0.0743. The first-order chi connectivity index (χ1) is 10.0. The molecule has 110 valence electrons. The lowest BCUT2D eigenvalue weighted by atomic mass is 10.1. The van der Waals surface area contributed by atoms with Crippen molar-refractivity contribution < 1.29 is 4.79 Å². The Morgan fingerprint density at radius 2 is 2.14 bits per heavy atom. The van der Waals surface area contributed by atoms with Crippen LogP contribution in [0.3, 0.4) is 0 Å². The molecule has 2 aromatic rings. The number of likely N-dealkylation sites (N-methyl/N-ethyl adjacent to an activating group) is 1. The topological polar surface area (TPSA) is 59.0 Å². The lowest BCUT2D eigenvalue weighted by molar-refractivity contribution is -0.117. The average Bonchev–Trinajstić information content (AvgIpc) is 2.91. The minimum Gasteiger partial charge on any atom is -0.324 e. The molecule has 5 nitrogen and oxygen atoms in total. The van der Waals surface area contributed by atoms with Gasteiger partial charge in [-0.2, -0.15) is 5.10 Å². The van der Waals surface area contributed by atoms with E-state index >= 15 is 0 Å². The molecule has 2 heterocycles. The van der Waals surface area contributed by atoms with Gasteiger partial charge in [0, 0.05) is 17.4 Å². The highest BCUT2D eigenvalue weighted by Crippen LogP contribution is 2.36. The van der Waals surface area contributed by atoms with E-state index < -0.39 is 0 Å². The number of fused-ring (bicyclic) bond motifs is 1. The maximum Gasteiger partial charge on any atom is 0.246 e. The van der Waals surface area contributed by atoms with Crippen LogP contribution in [0.4, 0.5) is 5.69 Å². The second-order valence-electron chi connectivity index (χ2n) is 4.88. The summed E-state index contributed by atoms with van der Waals surface area (Å²) in [5.74, 6) is -0.0743. The van der Waals surface area contributed by atoms with Crippen LogP contribution >= 0.6 is 23.2 Å². The van der Waals surface area contributed by atoms with Crippen molar-refractivity contribution in [2.75, 3.05) is 11.9 Å². The number of nitrogens with one attached hydrogen (secondary N) is 2. The molecular formula is C14H14Cl2N4O. The van der Waals surface area contributed by atoms with Gasteiger partial charge in [0.25, 0.3) is 0 Å². The van der Waals surface area contributed by atoms with Crippen LogP contribution in [0.2, 0.25) is 10.0 Å². The zero-order chi connectivity index (χ0) is 15.1. The summed E-state index contributed by atoms with van der Waals surface area (Å²) >= 11 is 12.4. The molecule has 1 amide bonds. The molecule has 0 aliphatic carbocycles. The molecule has 1 atom stereocenters. The molecule has 0 bridgehead atoms. The molecular weight excluding hydrogens is 311 g/mol. The Labute approximate surface area is 132 Å². The maximum atomic E-state index is 12.0. The standard InChI is InChI=1S/C14H14Cl2N4O/c1-3-17-13-8-4-9(15)12(5-11(8)18-14(13)21)20-6-10(16)7(2)19-20/h4-6,13,17H,3H2,1-2H3,(H,18,21). The summed E-state index contributed by atoms with van der Waals surface area (Å²) in [6.45, 7) is 4.48. The van der Waals surface area contributed by atoms with Gasteiger partial charge in [0.1, 0.15) is 6.04 Å². The Bertz CT molecular complexity index is 707. The number of aryl methyl sites for hydroxylation is 1. The predicted molar refractivity (Wildman–Crippen MR) is 83.4 cm³/mol. The highest BCUT2D eigenvalue weighted by Gasteiger charge is 2.31. The van der Waals surface area contributed by atoms with E-state index in [2.05, 4.69) is 15.7 Å². The molecule has 1 aliphatic heterocycles. The summed E-state index contributed by atoms with van der Waals surface area (Å²) in [6.07, 6.45) is 1.70. The second kappa shape index (κ2) is 5.33. The van der Waals surface area contributed by atoms with Gasteiger partial charge in [-0.3, -0.25) is 4.79 Å². The third-order valence-electron chi connectivity index (χ3n) is 3.44. The van der Waals surface area contributed by atoms with Crippen LogP contribution in [0, 0.1) is 6.92 Å². The molecule has 1 aromatic heterocycles. The van der Waals surface area contributed by atoms with Crippen LogP contribution in [0.15, 0.2) is 18.3 Å². The molecule has 1 unspecified atom stereocenters. The molecule has 0 fully saturated rings. The van der Waals surface area contributed by atoms with Gasteiger partial charge in [0.2, 0.25) is 5.91 Å². The third kappa shape index (κ3) is 2.41. The smallest absolute Gasteiger partial charge is 0.246 e. The SMILES string of the molecule is CCNC1C(=O)Nc2cc(-n3cc(Cl)c(C)n3)c(Cl)cc21. The van der Waals surface area contributed by atoms with E-state index in [0.29, 0.717) is 22.3 Å². The number of anilines is 1. The number of amides is 1. The van der Waals surface area contributed by atoms with Gasteiger partial charge in [-0.15, -0.1) is 0 Å². The van der Waals surface area contributed by atoms with Crippen molar-refractivity contribution in [3.63, 3.8) is 0 Å². The van der Waals surface area contributed by atoms with Gasteiger partial charge in [0.15, 0.2) is 0 Å². The van der Waals surface area contributed by atoms with E-state index in [1.165, 1.54) is 0 Å². The van der Waals surface area contributed by atoms with Crippen LogP contribution in [0.25, 0.3) is 5.69 Å². The monoisotopic (exact) mass is 324 g/mol. The van der Waals surface area contributed by atoms with Crippen molar-refractivity contribution in [1.82, 2.24) is 15.1 Å². The molecule has 0 spiro atoms. The van der Waals surface area contributed by atoms with E-state index in [1.807, 2.05) is 19.9 Å². The Morgan fingerprint density at radius 3 is 2.76 bits per heavy atom. The predicted octanol–water partition coefficient (Wildman–Crippen LogP) is 3.09. The summed E-state index contributed by atoms with van der Waals surface area (Å²) in [4.78, 5) is 12.0. The van der Waals surface area contributed by atoms with Crippen LogP contribution in [-0.4, -0.2) is 22.2 Å². The quantitative estimate of drug-likeness (QED) is 0.912. The lowest BCUT2D eigenvalue weighted by Gasteiger charge is -2.11. The number of halogens is 2. The highest BCUT2D eigenvalue weighted by molar-refractivity contribution is 6.33. The molecule has 0 saturated carbocycles. The Kier molecular flexibility index (Phi) is 3.65. The summed E-state index contributed by atoms with van der Waals surface area (Å²) in [5.41, 5.74) is 3.01. The van der Waals surface area contributed by atoms with Gasteiger partial charge in [-0.25, -0.2) is 4.68 Å². The normalized spacial score (nSPS) is 17.0. The van der Waals surface area contributed by atoms with Gasteiger partial charge in [-0.1, -0.05) is 30.1 Å². The Balaban J connectivity index is 2.07. The Morgan fingerprint density at radius 1 is 1.38 bits per heavy atom. The average molecular weight is 325 g/mol. The number of benzene rings is 1. The van der Waals surface area contributed by atoms with Crippen LogP contribution in [0.5, 0.6) is 0 Å². The lowest BCUT2D eigenvalue weighted by Crippen LogP contribution is -2.27. The molecule has 1 aromatic carbocycles. The zero-order valence-corrected chi connectivity index (χ0v) is 13.1. The summed E-state index contributed by atoms with van der Waals surface area (Å²) in [7, 11) is 0. The number of hydrogen-bond acceptors (Lipinski definition) is 3. The van der Waals surface area contributed by atoms with Gasteiger partial charge >= 0.3 is 0 Å². The van der Waals surface area contributed by atoms with E-state index in [0.717, 1.165) is 16.9 Å². The van der Waals surface area contributed by atoms with Gasteiger partial charge in [0.05, 0.1) is 21.4 Å². The van der Waals surface area contributed by atoms with Crippen molar-refractivity contribution in [3.8, 4) is 5.69 Å². The molecule has 21 heavy (non-hydrogen) atoms. The largest absolute Gasteiger partial charge is 0.324 e. The summed E-state index contributed by atoms with van der Waals surface area (Å²) < 4.78 is 1.62. The second-order valence-corrected chi connectivity index (χ2v) is 5.69. The summed E-state index contributed by atoms with van der Waals surface area (Å²) in [6, 6.07) is 3.25. The fraction of sp³-hybridized carbons (Fsp3) is 0.286. The van der Waals surface area contributed by atoms with E-state index in [4.69, 9.17) is 23.2 Å². The number of carbonyl (C=O) groups is 1. The van der Waals surface area contributed by atoms with Crippen LogP contribution in [-0.2, 0) is 4.79 Å². The number of rotatable bonds is 3. The van der Waals surface area contributed by atoms with E-state index in [1.54, 1.807) is 16.9 Å². The number of aromatic nitrogens is 2. The van der Waals surface area contributed by atoms with Crippen molar-refractivity contribution >= 4 is 34.8 Å². The van der Waals surface area contributed by atoms with E-state index in [-0.39, 0.29) is 11.9 Å². The van der Waals surface area contributed by atoms with Crippen molar-refractivity contribution in [2.45, 2.75) is 19.9 Å². The molecule has 2 N–H and O–H groups in total. The first-order valence-corrected chi connectivity index (χ1v) is 7.36. The van der Waals surface area contributed by atoms with Crippen molar-refractivity contribution in [1.29, 1.82) is 0 Å². The molecule has 3 rings (SSSR count). The molecule has 7 heteroatoms. The molecule has 0 radical (unpaired) electrons. The molecule has 1 aliphatic rings. The highest BCUT2D eigenvalue weighted by atomic mass is 35.5. The van der Waals surface area contributed by atoms with Crippen molar-refractivity contribution in [3.05, 3.63) is 39.6 Å². The van der Waals surface area contributed by atoms with Crippen LogP contribution in [0.1, 0.15) is 24.2 Å². The van der Waals surface area contributed by atoms with Crippen molar-refractivity contribution in [2.24, 2.45) is 0 Å². The van der Waals surface area contributed by atoms with E-state index in [9.17, 15) is 4.79 Å². The third-order valence-corrected chi connectivity index (χ3v) is 4.12. The zero-order valence-electron chi connectivity index (χ0n) is 11.6. The fourth-order valence-corrected chi connectivity index (χ4v) is 2.80. The van der Waals surface area contributed by atoms with Gasteiger partial charge < -0.3 is 10.6 Å². The number of carbonyl (C=O) groups excluding carboxylic acids is 1. The Hall–Kier alpha value is -1.56. The first kappa shape index (κ1) is 14.4. The maximum absolute atomic E-state index is 12.0. The number of nitrogens with zero attached hydrogens (tertiary/aromatic N) is 2. The van der Waals surface area contributed by atoms with Gasteiger partial charge in [-0.05, 0) is 25.6 Å². The summed E-state index contributed by atoms with van der Waals surface area (Å²) in [5, 5.41) is 11.4.